The van der Waals surface area contributed by atoms with Gasteiger partial charge in [0.2, 0.25) is 5.66 Å². The van der Waals surface area contributed by atoms with E-state index in [4.69, 9.17) is 23.2 Å². The Labute approximate surface area is 112 Å². The first-order valence-corrected chi connectivity index (χ1v) is 6.83. The highest BCUT2D eigenvalue weighted by molar-refractivity contribution is 7.24. The fourth-order valence-corrected chi connectivity index (χ4v) is 2.55. The Kier molecular flexibility index (Phi) is 4.17. The first-order valence-electron chi connectivity index (χ1n) is 5.09. The Morgan fingerprint density at radius 2 is 1.12 bits per heavy atom. The molecule has 0 N–H and O–H groups in total. The first-order chi connectivity index (χ1) is 8.20. The fraction of sp³-hybridized carbons (Fsp3) is 0.0769. The Bertz CT molecular complexity index is 462. The molecule has 1 atom stereocenters. The van der Waals surface area contributed by atoms with E-state index >= 15 is 0 Å². The van der Waals surface area contributed by atoms with E-state index in [2.05, 4.69) is 0 Å². The molecule has 0 aliphatic heterocycles. The lowest BCUT2D eigenvalue weighted by Crippen LogP contribution is -1.92. The van der Waals surface area contributed by atoms with Crippen molar-refractivity contribution in [3.63, 3.8) is 0 Å². The molecule has 0 saturated carbocycles. The van der Waals surface area contributed by atoms with Gasteiger partial charge in [0, 0.05) is 21.2 Å². The van der Waals surface area contributed by atoms with Crippen LogP contribution in [-0.2, 0) is 4.57 Å². The number of rotatable bonds is 3. The zero-order valence-electron chi connectivity index (χ0n) is 8.86. The second-order valence-corrected chi connectivity index (χ2v) is 5.34. The van der Waals surface area contributed by atoms with Gasteiger partial charge in [0.1, 0.15) is 0 Å². The van der Waals surface area contributed by atoms with Gasteiger partial charge in [-0.3, -0.25) is 0 Å². The van der Waals surface area contributed by atoms with Crippen molar-refractivity contribution in [2.45, 2.75) is 5.66 Å². The highest BCUT2D eigenvalue weighted by Crippen LogP contribution is 2.35. The van der Waals surface area contributed by atoms with E-state index in [0.29, 0.717) is 10.0 Å². The summed E-state index contributed by atoms with van der Waals surface area (Å²) >= 11 is 11.7. The minimum Gasteiger partial charge on any atom is -0.0843 e. The molecule has 0 spiro atoms. The van der Waals surface area contributed by atoms with Gasteiger partial charge in [-0.2, -0.15) is 0 Å². The summed E-state index contributed by atoms with van der Waals surface area (Å²) < 4.78 is 11.4. The van der Waals surface area contributed by atoms with Crippen molar-refractivity contribution in [1.29, 1.82) is 0 Å². The summed E-state index contributed by atoms with van der Waals surface area (Å²) in [7, 11) is -0.439. The Morgan fingerprint density at radius 3 is 1.41 bits per heavy atom. The molecule has 0 aliphatic carbocycles. The van der Waals surface area contributed by atoms with Gasteiger partial charge in [0.05, 0.1) is 0 Å². The molecule has 17 heavy (non-hydrogen) atoms. The summed E-state index contributed by atoms with van der Waals surface area (Å²) in [5.41, 5.74) is 1.86. The molecule has 0 heterocycles. The third-order valence-corrected chi connectivity index (χ3v) is 3.93. The van der Waals surface area contributed by atoms with Crippen molar-refractivity contribution >= 4 is 31.7 Å². The van der Waals surface area contributed by atoms with Crippen molar-refractivity contribution in [3.8, 4) is 0 Å². The molecule has 0 aliphatic rings. The summed E-state index contributed by atoms with van der Waals surface area (Å²) in [5.74, 6) is 0. The molecule has 1 unspecified atom stereocenters. The van der Waals surface area contributed by atoms with E-state index in [1.165, 1.54) is 0 Å². The van der Waals surface area contributed by atoms with Gasteiger partial charge in [-0.25, -0.2) is 0 Å². The highest BCUT2D eigenvalue weighted by Gasteiger charge is 2.20. The molecule has 0 radical (unpaired) electrons. The zero-order valence-corrected chi connectivity index (χ0v) is 11.4. The lowest BCUT2D eigenvalue weighted by atomic mass is 10.0. The van der Waals surface area contributed by atoms with Crippen LogP contribution < -0.4 is 0 Å². The van der Waals surface area contributed by atoms with E-state index in [9.17, 15) is 4.57 Å². The van der Waals surface area contributed by atoms with Crippen LogP contribution in [-0.4, -0.2) is 0 Å². The van der Waals surface area contributed by atoms with Gasteiger partial charge in [0.25, 0.3) is 0 Å². The maximum absolute atomic E-state index is 11.4. The SMILES string of the molecule is O=[PH+]C(c1ccc(Cl)cc1)c1ccc(Cl)cc1. The molecule has 2 aromatic rings. The Morgan fingerprint density at radius 1 is 0.765 bits per heavy atom. The van der Waals surface area contributed by atoms with E-state index in [1.807, 2.05) is 24.3 Å². The van der Waals surface area contributed by atoms with Gasteiger partial charge < -0.3 is 0 Å². The van der Waals surface area contributed by atoms with Crippen molar-refractivity contribution in [2.24, 2.45) is 0 Å². The lowest BCUT2D eigenvalue weighted by Gasteiger charge is -2.05. The summed E-state index contributed by atoms with van der Waals surface area (Å²) in [4.78, 5) is 0. The summed E-state index contributed by atoms with van der Waals surface area (Å²) in [6.45, 7) is 0. The minimum atomic E-state index is -0.439. The molecule has 0 aromatic heterocycles. The topological polar surface area (TPSA) is 17.1 Å². The maximum Gasteiger partial charge on any atom is 0.337 e. The predicted octanol–water partition coefficient (Wildman–Crippen LogP) is 5.11. The highest BCUT2D eigenvalue weighted by atomic mass is 35.5. The van der Waals surface area contributed by atoms with Gasteiger partial charge in [0.15, 0.2) is 0 Å². The lowest BCUT2D eigenvalue weighted by molar-refractivity contribution is 0.595. The van der Waals surface area contributed by atoms with Crippen LogP contribution in [0.5, 0.6) is 0 Å². The number of halogens is 2. The molecule has 86 valence electrons. The normalized spacial score (nSPS) is 11.0. The quantitative estimate of drug-likeness (QED) is 0.716. The van der Waals surface area contributed by atoms with Gasteiger partial charge >= 0.3 is 8.46 Å². The van der Waals surface area contributed by atoms with Crippen LogP contribution in [0.15, 0.2) is 48.5 Å². The van der Waals surface area contributed by atoms with Crippen LogP contribution in [0.4, 0.5) is 0 Å². The predicted molar refractivity (Wildman–Crippen MR) is 73.7 cm³/mol. The standard InChI is InChI=1S/C13H9Cl2OP/c14-11-5-1-9(2-6-11)13(17-16)10-3-7-12(15)8-4-10/h1-8,13H/p+1. The molecule has 2 aromatic carbocycles. The summed E-state index contributed by atoms with van der Waals surface area (Å²) in [6.07, 6.45) is 0. The van der Waals surface area contributed by atoms with Gasteiger partial charge in [-0.15, -0.1) is 0 Å². The molecule has 4 heteroatoms. The summed E-state index contributed by atoms with van der Waals surface area (Å²) in [5, 5.41) is 1.36. The Hall–Kier alpha value is -0.880. The van der Waals surface area contributed by atoms with Gasteiger partial charge in [-0.1, -0.05) is 52.0 Å². The molecular formula is C13H10Cl2OP+. The van der Waals surface area contributed by atoms with Crippen LogP contribution in [0.1, 0.15) is 16.8 Å². The Balaban J connectivity index is 2.36. The summed E-state index contributed by atoms with van der Waals surface area (Å²) in [6, 6.07) is 14.8. The van der Waals surface area contributed by atoms with E-state index in [-0.39, 0.29) is 5.66 Å². The van der Waals surface area contributed by atoms with Gasteiger partial charge in [-0.05, 0) is 24.3 Å². The monoisotopic (exact) mass is 283 g/mol. The average molecular weight is 284 g/mol. The number of hydrogen-bond donors (Lipinski definition) is 0. The second-order valence-electron chi connectivity index (χ2n) is 3.65. The molecule has 0 bridgehead atoms. The van der Waals surface area contributed by atoms with Crippen LogP contribution in [0.3, 0.4) is 0 Å². The van der Waals surface area contributed by atoms with Crippen LogP contribution >= 0.6 is 31.7 Å². The van der Waals surface area contributed by atoms with Crippen LogP contribution in [0.25, 0.3) is 0 Å². The van der Waals surface area contributed by atoms with Crippen molar-refractivity contribution < 1.29 is 4.57 Å². The largest absolute Gasteiger partial charge is 0.337 e. The minimum absolute atomic E-state index is 0.121. The maximum atomic E-state index is 11.4. The third kappa shape index (κ3) is 3.07. The molecule has 0 saturated heterocycles. The second kappa shape index (κ2) is 5.64. The number of hydrogen-bond acceptors (Lipinski definition) is 1. The number of benzene rings is 2. The average Bonchev–Trinajstić information content (AvgIpc) is 2.35. The zero-order chi connectivity index (χ0) is 12.3. The third-order valence-electron chi connectivity index (χ3n) is 2.52. The van der Waals surface area contributed by atoms with E-state index in [0.717, 1.165) is 11.1 Å². The smallest absolute Gasteiger partial charge is 0.0843 e. The van der Waals surface area contributed by atoms with E-state index < -0.39 is 8.46 Å². The van der Waals surface area contributed by atoms with E-state index in [1.54, 1.807) is 24.3 Å². The first kappa shape index (κ1) is 12.6. The van der Waals surface area contributed by atoms with Crippen LogP contribution in [0.2, 0.25) is 10.0 Å². The molecule has 2 rings (SSSR count). The molecule has 0 fully saturated rings. The fourth-order valence-electron chi connectivity index (χ4n) is 1.64. The van der Waals surface area contributed by atoms with Crippen molar-refractivity contribution in [1.82, 2.24) is 0 Å². The van der Waals surface area contributed by atoms with Crippen LogP contribution in [0, 0.1) is 0 Å². The van der Waals surface area contributed by atoms with Crippen molar-refractivity contribution in [2.75, 3.05) is 0 Å². The molecular weight excluding hydrogens is 274 g/mol. The molecule has 1 nitrogen and oxygen atoms in total. The molecule has 0 amide bonds. The van der Waals surface area contributed by atoms with Crippen molar-refractivity contribution in [3.05, 3.63) is 69.7 Å².